The summed E-state index contributed by atoms with van der Waals surface area (Å²) in [5.74, 6) is -2.78. The molecule has 0 fully saturated rings. The molecule has 0 radical (unpaired) electrons. The minimum Gasteiger partial charge on any atom is -0.493 e. The summed E-state index contributed by atoms with van der Waals surface area (Å²) in [5.41, 5.74) is 2.64. The fourth-order valence-corrected chi connectivity index (χ4v) is 6.64. The second-order valence-electron chi connectivity index (χ2n) is 9.22. The Balaban J connectivity index is 1.62. The first-order valence-corrected chi connectivity index (χ1v) is 14.1. The number of aromatic nitrogens is 2. The molecule has 0 saturated carbocycles. The highest BCUT2D eigenvalue weighted by Crippen LogP contribution is 2.46. The van der Waals surface area contributed by atoms with E-state index in [2.05, 4.69) is 15.9 Å². The van der Waals surface area contributed by atoms with Gasteiger partial charge in [0.05, 0.1) is 31.2 Å². The van der Waals surface area contributed by atoms with Gasteiger partial charge >= 0.3 is 5.97 Å². The van der Waals surface area contributed by atoms with E-state index in [-0.39, 0.29) is 17.2 Å². The van der Waals surface area contributed by atoms with E-state index in [1.807, 2.05) is 16.7 Å². The standard InChI is InChI=1S/C29H24BrF3N2O4S/c1-38-25-12-19(21(30)13-26(25)39-2)18-4-3-5-24-27(18)35(17-8-6-16(31)7-9-17)29(34-24)40-14-20-22(32)10-15(28(36)37)11-23(20)33/h6-13,18H,3-5,14H2,1-2H3,(H,36,37). The number of imidazole rings is 1. The molecule has 6 nitrogen and oxygen atoms in total. The first-order chi connectivity index (χ1) is 19.2. The molecule has 40 heavy (non-hydrogen) atoms. The summed E-state index contributed by atoms with van der Waals surface area (Å²) in [6.45, 7) is 0. The van der Waals surface area contributed by atoms with Crippen LogP contribution in [0.25, 0.3) is 5.69 Å². The van der Waals surface area contributed by atoms with Gasteiger partial charge in [-0.1, -0.05) is 27.7 Å². The zero-order chi connectivity index (χ0) is 28.6. The summed E-state index contributed by atoms with van der Waals surface area (Å²) in [6, 6.07) is 11.4. The number of carboxylic acids is 1. The minimum absolute atomic E-state index is 0.117. The van der Waals surface area contributed by atoms with Gasteiger partial charge in [-0.25, -0.2) is 22.9 Å². The molecular weight excluding hydrogens is 609 g/mol. The molecule has 1 aromatic heterocycles. The van der Waals surface area contributed by atoms with Crippen molar-refractivity contribution < 1.29 is 32.5 Å². The third-order valence-corrected chi connectivity index (χ3v) is 8.54. The van der Waals surface area contributed by atoms with Crippen molar-refractivity contribution in [1.82, 2.24) is 9.55 Å². The van der Waals surface area contributed by atoms with Crippen molar-refractivity contribution in [2.24, 2.45) is 0 Å². The molecule has 0 amide bonds. The van der Waals surface area contributed by atoms with Gasteiger partial charge in [-0.2, -0.15) is 0 Å². The molecule has 4 aromatic rings. The van der Waals surface area contributed by atoms with Crippen LogP contribution in [0.15, 0.2) is 58.2 Å². The lowest BCUT2D eigenvalue weighted by Gasteiger charge is -2.27. The van der Waals surface area contributed by atoms with Gasteiger partial charge in [0.15, 0.2) is 16.7 Å². The van der Waals surface area contributed by atoms with Crippen LogP contribution in [-0.4, -0.2) is 34.8 Å². The number of ether oxygens (including phenoxy) is 2. The summed E-state index contributed by atoms with van der Waals surface area (Å²) in [5, 5.41) is 9.60. The molecule has 1 N–H and O–H groups in total. The van der Waals surface area contributed by atoms with Crippen LogP contribution in [0, 0.1) is 17.5 Å². The first kappa shape index (κ1) is 28.1. The van der Waals surface area contributed by atoms with Crippen molar-refractivity contribution in [3.05, 3.63) is 98.5 Å². The molecule has 208 valence electrons. The molecule has 1 heterocycles. The Morgan fingerprint density at radius 3 is 2.35 bits per heavy atom. The Hall–Kier alpha value is -3.44. The summed E-state index contributed by atoms with van der Waals surface area (Å²) >= 11 is 4.81. The molecule has 1 atom stereocenters. The van der Waals surface area contributed by atoms with E-state index < -0.39 is 29.0 Å². The van der Waals surface area contributed by atoms with E-state index in [4.69, 9.17) is 19.6 Å². The normalized spacial score (nSPS) is 14.6. The maximum Gasteiger partial charge on any atom is 0.335 e. The Kier molecular flexibility index (Phi) is 8.14. The SMILES string of the molecule is COc1cc(Br)c(C2CCCc3nc(SCc4c(F)cc(C(=O)O)cc4F)n(-c4ccc(F)cc4)c32)cc1OC. The van der Waals surface area contributed by atoms with E-state index >= 15 is 0 Å². The number of benzene rings is 3. The fraction of sp³-hybridized carbons (Fsp3) is 0.241. The highest BCUT2D eigenvalue weighted by molar-refractivity contribution is 9.10. The van der Waals surface area contributed by atoms with Gasteiger partial charge in [0.1, 0.15) is 17.5 Å². The van der Waals surface area contributed by atoms with Gasteiger partial charge < -0.3 is 14.6 Å². The lowest BCUT2D eigenvalue weighted by Crippen LogP contribution is -2.16. The number of fused-ring (bicyclic) bond motifs is 1. The summed E-state index contributed by atoms with van der Waals surface area (Å²) in [6.07, 6.45) is 2.37. The molecule has 11 heteroatoms. The molecule has 0 aliphatic heterocycles. The topological polar surface area (TPSA) is 73.6 Å². The number of aromatic carboxylic acids is 1. The van der Waals surface area contributed by atoms with Gasteiger partial charge in [-0.3, -0.25) is 4.57 Å². The number of hydrogen-bond acceptors (Lipinski definition) is 5. The summed E-state index contributed by atoms with van der Waals surface area (Å²) in [4.78, 5) is 16.1. The largest absolute Gasteiger partial charge is 0.493 e. The third kappa shape index (κ3) is 5.32. The Labute approximate surface area is 241 Å². The predicted molar refractivity (Wildman–Crippen MR) is 148 cm³/mol. The lowest BCUT2D eigenvalue weighted by molar-refractivity contribution is 0.0695. The Morgan fingerprint density at radius 2 is 1.73 bits per heavy atom. The molecule has 1 aliphatic rings. The van der Waals surface area contributed by atoms with Gasteiger partial charge in [-0.05, 0) is 73.4 Å². The number of rotatable bonds is 8. The maximum atomic E-state index is 14.7. The van der Waals surface area contributed by atoms with Gasteiger partial charge in [0.2, 0.25) is 0 Å². The van der Waals surface area contributed by atoms with Crippen LogP contribution in [0.5, 0.6) is 11.5 Å². The van der Waals surface area contributed by atoms with Crippen molar-refractivity contribution in [3.63, 3.8) is 0 Å². The number of thioether (sulfide) groups is 1. The van der Waals surface area contributed by atoms with E-state index in [9.17, 15) is 18.0 Å². The van der Waals surface area contributed by atoms with Gasteiger partial charge in [0.25, 0.3) is 0 Å². The molecule has 0 bridgehead atoms. The number of hydrogen-bond donors (Lipinski definition) is 1. The van der Waals surface area contributed by atoms with Crippen LogP contribution >= 0.6 is 27.7 Å². The van der Waals surface area contributed by atoms with Crippen LogP contribution < -0.4 is 9.47 Å². The summed E-state index contributed by atoms with van der Waals surface area (Å²) in [7, 11) is 3.14. The van der Waals surface area contributed by atoms with Gasteiger partial charge in [0, 0.05) is 27.4 Å². The molecule has 1 unspecified atom stereocenters. The van der Waals surface area contributed by atoms with Crippen LogP contribution in [0.3, 0.4) is 0 Å². The Morgan fingerprint density at radius 1 is 1.07 bits per heavy atom. The third-order valence-electron chi connectivity index (χ3n) is 6.89. The van der Waals surface area contributed by atoms with E-state index in [1.54, 1.807) is 26.4 Å². The highest BCUT2D eigenvalue weighted by Gasteiger charge is 2.32. The van der Waals surface area contributed by atoms with Crippen LogP contribution in [0.1, 0.15) is 51.6 Å². The molecule has 0 spiro atoms. The van der Waals surface area contributed by atoms with E-state index in [0.717, 1.165) is 58.2 Å². The lowest BCUT2D eigenvalue weighted by atomic mass is 9.84. The smallest absolute Gasteiger partial charge is 0.335 e. The zero-order valence-electron chi connectivity index (χ0n) is 21.5. The number of carboxylic acid groups (broad SMARTS) is 1. The number of halogens is 4. The van der Waals surface area contributed by atoms with Crippen molar-refractivity contribution in [1.29, 1.82) is 0 Å². The predicted octanol–water partition coefficient (Wildman–Crippen LogP) is 7.53. The zero-order valence-corrected chi connectivity index (χ0v) is 23.9. The number of carbonyl (C=O) groups is 1. The van der Waals surface area contributed by atoms with Crippen LogP contribution in [-0.2, 0) is 12.2 Å². The average molecular weight is 633 g/mol. The van der Waals surface area contributed by atoms with E-state index in [0.29, 0.717) is 28.8 Å². The number of methoxy groups -OCH3 is 2. The van der Waals surface area contributed by atoms with Crippen molar-refractivity contribution in [2.45, 2.75) is 36.1 Å². The Bertz CT molecular complexity index is 1570. The molecule has 1 aliphatic carbocycles. The average Bonchev–Trinajstić information content (AvgIpc) is 3.31. The molecule has 3 aromatic carbocycles. The second-order valence-corrected chi connectivity index (χ2v) is 11.0. The first-order valence-electron chi connectivity index (χ1n) is 12.3. The van der Waals surface area contributed by atoms with Crippen molar-refractivity contribution in [3.8, 4) is 17.2 Å². The molecule has 5 rings (SSSR count). The van der Waals surface area contributed by atoms with Crippen molar-refractivity contribution >= 4 is 33.7 Å². The minimum atomic E-state index is -1.41. The fourth-order valence-electron chi connectivity index (χ4n) is 4.98. The van der Waals surface area contributed by atoms with Crippen LogP contribution in [0.2, 0.25) is 0 Å². The monoisotopic (exact) mass is 632 g/mol. The second kappa shape index (κ2) is 11.6. The maximum absolute atomic E-state index is 14.7. The highest BCUT2D eigenvalue weighted by atomic mass is 79.9. The quantitative estimate of drug-likeness (QED) is 0.202. The number of nitrogens with zero attached hydrogens (tertiary/aromatic N) is 2. The van der Waals surface area contributed by atoms with E-state index in [1.165, 1.54) is 12.1 Å². The molecular formula is C29H24BrF3N2O4S. The van der Waals surface area contributed by atoms with Crippen LogP contribution in [0.4, 0.5) is 13.2 Å². The summed E-state index contributed by atoms with van der Waals surface area (Å²) < 4.78 is 57.0. The number of aryl methyl sites for hydroxylation is 1. The van der Waals surface area contributed by atoms with Gasteiger partial charge in [-0.15, -0.1) is 0 Å². The molecule has 0 saturated heterocycles. The van der Waals surface area contributed by atoms with Crippen molar-refractivity contribution in [2.75, 3.05) is 14.2 Å².